The fourth-order valence-electron chi connectivity index (χ4n) is 4.48. The molecule has 1 atom stereocenters. The minimum atomic E-state index is -3.98. The number of methoxy groups -OCH3 is 1. The number of carbonyl (C=O) groups excluding carboxylic acids is 3. The first-order valence-electron chi connectivity index (χ1n) is 14.1. The Morgan fingerprint density at radius 2 is 1.64 bits per heavy atom. The van der Waals surface area contributed by atoms with E-state index in [0.29, 0.717) is 18.1 Å². The third kappa shape index (κ3) is 7.87. The summed E-state index contributed by atoms with van der Waals surface area (Å²) in [6.45, 7) is 5.94. The van der Waals surface area contributed by atoms with Crippen molar-refractivity contribution in [2.45, 2.75) is 38.0 Å². The quantitative estimate of drug-likeness (QED) is 0.104. The van der Waals surface area contributed by atoms with Crippen LogP contribution in [0.15, 0.2) is 89.8 Å². The van der Waals surface area contributed by atoms with Gasteiger partial charge in [0.2, 0.25) is 6.41 Å². The fraction of sp³-hybridized carbons (Fsp3) is 0.206. The standard InChI is InChI=1S/C34H34N2O8S/c1-5-23(3)24-13-15-27(16-14-24)44-32-18-29(35-33(39)25-9-11-26(12-10-25)34(40)43-4)31(38)19-30(32)36(20-37)21-45(41,42)28-8-6-7-22(2)17-28/h6-20,23,38H,5,21H2,1-4H3,(H,35,39). The molecule has 0 radical (unpaired) electrons. The Kier molecular flexibility index (Phi) is 10.2. The minimum absolute atomic E-state index is 0.00646. The molecule has 11 heteroatoms. The first-order chi connectivity index (χ1) is 21.4. The number of aromatic hydroxyl groups is 1. The summed E-state index contributed by atoms with van der Waals surface area (Å²) < 4.78 is 37.4. The average Bonchev–Trinajstić information content (AvgIpc) is 3.04. The molecule has 0 aliphatic rings. The number of hydrogen-bond acceptors (Lipinski definition) is 8. The highest BCUT2D eigenvalue weighted by molar-refractivity contribution is 7.91. The van der Waals surface area contributed by atoms with Gasteiger partial charge in [-0.25, -0.2) is 13.2 Å². The summed E-state index contributed by atoms with van der Waals surface area (Å²) >= 11 is 0. The van der Waals surface area contributed by atoms with Crippen molar-refractivity contribution in [2.24, 2.45) is 0 Å². The van der Waals surface area contributed by atoms with E-state index in [-0.39, 0.29) is 33.1 Å². The molecule has 0 fully saturated rings. The molecule has 0 bridgehead atoms. The Balaban J connectivity index is 1.71. The van der Waals surface area contributed by atoms with E-state index in [4.69, 9.17) is 4.74 Å². The average molecular weight is 631 g/mol. The van der Waals surface area contributed by atoms with Crippen LogP contribution in [-0.4, -0.2) is 44.8 Å². The number of aryl methyl sites for hydroxylation is 1. The van der Waals surface area contributed by atoms with Crippen LogP contribution in [0, 0.1) is 6.92 Å². The molecule has 2 N–H and O–H groups in total. The van der Waals surface area contributed by atoms with Crippen molar-refractivity contribution in [3.8, 4) is 17.2 Å². The zero-order valence-corrected chi connectivity index (χ0v) is 26.1. The normalized spacial score (nSPS) is 11.7. The Bertz CT molecular complexity index is 1800. The van der Waals surface area contributed by atoms with Gasteiger partial charge in [-0.1, -0.05) is 38.1 Å². The third-order valence-electron chi connectivity index (χ3n) is 7.28. The zero-order valence-electron chi connectivity index (χ0n) is 25.3. The first-order valence-corrected chi connectivity index (χ1v) is 15.8. The monoisotopic (exact) mass is 630 g/mol. The molecule has 2 amide bonds. The van der Waals surface area contributed by atoms with E-state index in [9.17, 15) is 27.9 Å². The van der Waals surface area contributed by atoms with Crippen LogP contribution < -0.4 is 15.0 Å². The number of benzene rings is 4. The van der Waals surface area contributed by atoms with Gasteiger partial charge in [-0.3, -0.25) is 14.5 Å². The van der Waals surface area contributed by atoms with Gasteiger partial charge in [0.05, 0.1) is 28.9 Å². The van der Waals surface area contributed by atoms with Crippen LogP contribution >= 0.6 is 0 Å². The van der Waals surface area contributed by atoms with Crippen molar-refractivity contribution in [2.75, 3.05) is 23.2 Å². The number of hydrogen-bond donors (Lipinski definition) is 2. The topological polar surface area (TPSA) is 139 Å². The van der Waals surface area contributed by atoms with Crippen molar-refractivity contribution in [3.05, 3.63) is 107 Å². The Morgan fingerprint density at radius 1 is 0.978 bits per heavy atom. The van der Waals surface area contributed by atoms with Gasteiger partial charge in [-0.2, -0.15) is 0 Å². The van der Waals surface area contributed by atoms with Gasteiger partial charge in [0.25, 0.3) is 5.91 Å². The van der Waals surface area contributed by atoms with Crippen LogP contribution in [-0.2, 0) is 19.4 Å². The van der Waals surface area contributed by atoms with Gasteiger partial charge in [-0.05, 0) is 78.9 Å². The summed E-state index contributed by atoms with van der Waals surface area (Å²) in [6.07, 6.45) is 1.28. The summed E-state index contributed by atoms with van der Waals surface area (Å²) in [5.74, 6) is -1.62. The highest BCUT2D eigenvalue weighted by atomic mass is 32.2. The second-order valence-electron chi connectivity index (χ2n) is 10.5. The van der Waals surface area contributed by atoms with Gasteiger partial charge in [0, 0.05) is 17.7 Å². The van der Waals surface area contributed by atoms with E-state index in [0.717, 1.165) is 28.5 Å². The lowest BCUT2D eigenvalue weighted by atomic mass is 9.99. The molecular weight excluding hydrogens is 596 g/mol. The summed E-state index contributed by atoms with van der Waals surface area (Å²) in [5.41, 5.74) is 2.18. The lowest BCUT2D eigenvalue weighted by Gasteiger charge is -2.22. The highest BCUT2D eigenvalue weighted by Gasteiger charge is 2.25. The zero-order chi connectivity index (χ0) is 32.7. The van der Waals surface area contributed by atoms with Gasteiger partial charge in [0.1, 0.15) is 17.4 Å². The Labute approximate surface area is 262 Å². The van der Waals surface area contributed by atoms with Crippen molar-refractivity contribution < 1.29 is 37.4 Å². The fourth-order valence-corrected chi connectivity index (χ4v) is 5.85. The number of nitrogens with one attached hydrogen (secondary N) is 1. The lowest BCUT2D eigenvalue weighted by Crippen LogP contribution is -2.29. The molecule has 4 aromatic rings. The van der Waals surface area contributed by atoms with Crippen molar-refractivity contribution in [3.63, 3.8) is 0 Å². The van der Waals surface area contributed by atoms with Crippen molar-refractivity contribution >= 4 is 39.5 Å². The highest BCUT2D eigenvalue weighted by Crippen LogP contribution is 2.41. The summed E-state index contributed by atoms with van der Waals surface area (Å²) in [5, 5.41) is 13.5. The molecule has 4 rings (SSSR count). The predicted molar refractivity (Wildman–Crippen MR) is 171 cm³/mol. The van der Waals surface area contributed by atoms with Crippen LogP contribution in [0.25, 0.3) is 0 Å². The van der Waals surface area contributed by atoms with Gasteiger partial charge in [-0.15, -0.1) is 0 Å². The molecule has 10 nitrogen and oxygen atoms in total. The number of nitrogens with zero attached hydrogens (tertiary/aromatic N) is 1. The van der Waals surface area contributed by atoms with Crippen molar-refractivity contribution in [1.82, 2.24) is 0 Å². The number of anilines is 2. The summed E-state index contributed by atoms with van der Waals surface area (Å²) in [6, 6.07) is 21.8. The molecule has 234 valence electrons. The van der Waals surface area contributed by atoms with Crippen molar-refractivity contribution in [1.29, 1.82) is 0 Å². The van der Waals surface area contributed by atoms with Crippen LogP contribution in [0.4, 0.5) is 11.4 Å². The Morgan fingerprint density at radius 3 is 2.24 bits per heavy atom. The second kappa shape index (κ2) is 14.1. The smallest absolute Gasteiger partial charge is 0.337 e. The van der Waals surface area contributed by atoms with Crippen LogP contribution in [0.2, 0.25) is 0 Å². The molecule has 1 unspecified atom stereocenters. The van der Waals surface area contributed by atoms with Crippen LogP contribution in [0.3, 0.4) is 0 Å². The first kappa shape index (κ1) is 32.7. The van der Waals surface area contributed by atoms with E-state index >= 15 is 0 Å². The van der Waals surface area contributed by atoms with Crippen LogP contribution in [0.1, 0.15) is 58.0 Å². The molecule has 0 aliphatic heterocycles. The molecule has 0 spiro atoms. The maximum absolute atomic E-state index is 13.3. The number of phenolic OH excluding ortho intramolecular Hbond substituents is 1. The Hall–Kier alpha value is -5.16. The minimum Gasteiger partial charge on any atom is -0.506 e. The third-order valence-corrected chi connectivity index (χ3v) is 8.87. The van der Waals surface area contributed by atoms with Gasteiger partial charge < -0.3 is 19.9 Å². The number of phenols is 1. The predicted octanol–water partition coefficient (Wildman–Crippen LogP) is 6.44. The molecule has 45 heavy (non-hydrogen) atoms. The van der Waals surface area contributed by atoms with E-state index in [2.05, 4.69) is 23.9 Å². The molecule has 0 saturated heterocycles. The van der Waals surface area contributed by atoms with E-state index in [1.807, 2.05) is 12.1 Å². The van der Waals surface area contributed by atoms with Crippen LogP contribution in [0.5, 0.6) is 17.2 Å². The van der Waals surface area contributed by atoms with Gasteiger partial charge in [0.15, 0.2) is 15.6 Å². The SMILES string of the molecule is CCC(C)c1ccc(Oc2cc(NC(=O)c3ccc(C(=O)OC)cc3)c(O)cc2N(C=O)CS(=O)(=O)c2cccc(C)c2)cc1. The number of carbonyl (C=O) groups is 3. The molecule has 4 aromatic carbocycles. The van der Waals surface area contributed by atoms with E-state index in [1.54, 1.807) is 31.2 Å². The largest absolute Gasteiger partial charge is 0.506 e. The number of esters is 1. The number of rotatable bonds is 12. The molecule has 0 heterocycles. The number of amides is 2. The van der Waals surface area contributed by atoms with E-state index in [1.165, 1.54) is 49.6 Å². The molecule has 0 saturated carbocycles. The van der Waals surface area contributed by atoms with E-state index < -0.39 is 33.3 Å². The molecule has 0 aromatic heterocycles. The summed E-state index contributed by atoms with van der Waals surface area (Å²) in [4.78, 5) is 38.0. The molecule has 0 aliphatic carbocycles. The maximum atomic E-state index is 13.3. The second-order valence-corrected chi connectivity index (χ2v) is 12.4. The summed E-state index contributed by atoms with van der Waals surface area (Å²) in [7, 11) is -2.74. The lowest BCUT2D eigenvalue weighted by molar-refractivity contribution is -0.107. The number of sulfone groups is 1. The number of ether oxygens (including phenoxy) is 2. The maximum Gasteiger partial charge on any atom is 0.337 e. The van der Waals surface area contributed by atoms with Gasteiger partial charge >= 0.3 is 5.97 Å². The molecular formula is C34H34N2O8S.